The maximum Gasteiger partial charge on any atom is 0.277 e. The monoisotopic (exact) mass is 381 g/mol. The van der Waals surface area contributed by atoms with Crippen molar-refractivity contribution in [3.63, 3.8) is 0 Å². The number of aryl methyl sites for hydroxylation is 2. The lowest BCUT2D eigenvalue weighted by molar-refractivity contribution is -0.123. The van der Waals surface area contributed by atoms with E-state index in [2.05, 4.69) is 41.4 Å². The van der Waals surface area contributed by atoms with Gasteiger partial charge in [0.05, 0.1) is 6.21 Å². The largest absolute Gasteiger partial charge is 0.483 e. The molecule has 1 amide bonds. The van der Waals surface area contributed by atoms with Crippen molar-refractivity contribution in [2.75, 3.05) is 24.6 Å². The Morgan fingerprint density at radius 1 is 1.04 bits per heavy atom. The highest BCUT2D eigenvalue weighted by atomic mass is 16.5. The molecule has 5 heteroatoms. The smallest absolute Gasteiger partial charge is 0.277 e. The van der Waals surface area contributed by atoms with Crippen molar-refractivity contribution in [2.45, 2.75) is 40.5 Å². The average molecular weight is 382 g/mol. The molecule has 2 aromatic carbocycles. The van der Waals surface area contributed by atoms with E-state index in [-0.39, 0.29) is 12.5 Å². The van der Waals surface area contributed by atoms with Crippen LogP contribution in [0.5, 0.6) is 5.75 Å². The van der Waals surface area contributed by atoms with Crippen molar-refractivity contribution in [2.24, 2.45) is 5.10 Å². The number of amides is 1. The fraction of sp³-hybridized carbons (Fsp3) is 0.391. The van der Waals surface area contributed by atoms with Crippen LogP contribution in [0, 0.1) is 13.8 Å². The molecule has 0 atom stereocenters. The van der Waals surface area contributed by atoms with Crippen molar-refractivity contribution in [3.8, 4) is 5.75 Å². The molecule has 0 radical (unpaired) electrons. The minimum absolute atomic E-state index is 0.0645. The van der Waals surface area contributed by atoms with E-state index in [4.69, 9.17) is 4.74 Å². The summed E-state index contributed by atoms with van der Waals surface area (Å²) in [6, 6.07) is 14.1. The molecule has 0 aliphatic heterocycles. The van der Waals surface area contributed by atoms with E-state index < -0.39 is 0 Å². The third-order valence-electron chi connectivity index (χ3n) is 4.40. The number of carbonyl (C=O) groups is 1. The molecule has 0 bridgehead atoms. The number of benzene rings is 2. The van der Waals surface area contributed by atoms with Crippen LogP contribution >= 0.6 is 0 Å². The summed E-state index contributed by atoms with van der Waals surface area (Å²) in [5.41, 5.74) is 6.69. The predicted molar refractivity (Wildman–Crippen MR) is 116 cm³/mol. The van der Waals surface area contributed by atoms with Gasteiger partial charge in [-0.15, -0.1) is 0 Å². The number of anilines is 1. The van der Waals surface area contributed by atoms with Crippen LogP contribution in [0.2, 0.25) is 0 Å². The first-order valence-electron chi connectivity index (χ1n) is 9.91. The second kappa shape index (κ2) is 11.1. The van der Waals surface area contributed by atoms with Crippen LogP contribution in [0.25, 0.3) is 0 Å². The van der Waals surface area contributed by atoms with Gasteiger partial charge >= 0.3 is 0 Å². The topological polar surface area (TPSA) is 53.9 Å². The Bertz CT molecular complexity index is 759. The molecular formula is C23H31N3O2. The minimum Gasteiger partial charge on any atom is -0.483 e. The van der Waals surface area contributed by atoms with Gasteiger partial charge in [0.1, 0.15) is 5.75 Å². The van der Waals surface area contributed by atoms with Gasteiger partial charge in [-0.1, -0.05) is 44.2 Å². The predicted octanol–water partition coefficient (Wildman–Crippen LogP) is 4.46. The molecule has 1 N–H and O–H groups in total. The molecule has 0 fully saturated rings. The van der Waals surface area contributed by atoms with Gasteiger partial charge in [0.25, 0.3) is 5.91 Å². The van der Waals surface area contributed by atoms with Crippen LogP contribution < -0.4 is 15.1 Å². The second-order valence-corrected chi connectivity index (χ2v) is 6.88. The van der Waals surface area contributed by atoms with Crippen LogP contribution in [0.4, 0.5) is 5.69 Å². The molecule has 2 rings (SSSR count). The lowest BCUT2D eigenvalue weighted by atomic mass is 10.1. The summed E-state index contributed by atoms with van der Waals surface area (Å²) >= 11 is 0. The molecule has 0 aliphatic rings. The molecule has 28 heavy (non-hydrogen) atoms. The van der Waals surface area contributed by atoms with Gasteiger partial charge in [-0.2, -0.15) is 5.10 Å². The Kier molecular flexibility index (Phi) is 8.53. The lowest BCUT2D eigenvalue weighted by Gasteiger charge is -2.23. The van der Waals surface area contributed by atoms with Gasteiger partial charge in [0.2, 0.25) is 0 Å². The summed E-state index contributed by atoms with van der Waals surface area (Å²) in [6.07, 6.45) is 3.89. The highest BCUT2D eigenvalue weighted by Gasteiger charge is 2.07. The number of hydrogen-bond acceptors (Lipinski definition) is 4. The van der Waals surface area contributed by atoms with Gasteiger partial charge < -0.3 is 9.64 Å². The molecule has 0 aliphatic carbocycles. The first kappa shape index (κ1) is 21.5. The van der Waals surface area contributed by atoms with Crippen molar-refractivity contribution in [1.29, 1.82) is 0 Å². The van der Waals surface area contributed by atoms with Crippen LogP contribution in [0.1, 0.15) is 43.4 Å². The number of ether oxygens (including phenoxy) is 1. The zero-order valence-corrected chi connectivity index (χ0v) is 17.4. The molecule has 5 nitrogen and oxygen atoms in total. The van der Waals surface area contributed by atoms with E-state index in [1.54, 1.807) is 6.21 Å². The third-order valence-corrected chi connectivity index (χ3v) is 4.40. The number of nitrogens with zero attached hydrogens (tertiary/aromatic N) is 2. The molecule has 0 saturated heterocycles. The summed E-state index contributed by atoms with van der Waals surface area (Å²) in [5, 5.41) is 4.03. The molecule has 0 saturated carbocycles. The number of carbonyl (C=O) groups excluding carboxylic acids is 1. The molecule has 2 aromatic rings. The van der Waals surface area contributed by atoms with Crippen LogP contribution in [-0.4, -0.2) is 31.8 Å². The molecule has 0 aromatic heterocycles. The number of rotatable bonds is 10. The van der Waals surface area contributed by atoms with Gasteiger partial charge in [-0.05, 0) is 55.5 Å². The summed E-state index contributed by atoms with van der Waals surface area (Å²) in [7, 11) is 0. The molecule has 0 spiro atoms. The van der Waals surface area contributed by atoms with E-state index in [0.717, 1.165) is 48.4 Å². The zero-order chi connectivity index (χ0) is 20.4. The first-order valence-corrected chi connectivity index (χ1v) is 9.91. The van der Waals surface area contributed by atoms with E-state index in [9.17, 15) is 4.79 Å². The zero-order valence-electron chi connectivity index (χ0n) is 17.4. The Labute approximate surface area is 168 Å². The Balaban J connectivity index is 1.85. The number of para-hydroxylation sites is 1. The van der Waals surface area contributed by atoms with Gasteiger partial charge in [0.15, 0.2) is 6.61 Å². The second-order valence-electron chi connectivity index (χ2n) is 6.88. The third kappa shape index (κ3) is 6.41. The quantitative estimate of drug-likeness (QED) is 0.488. The fourth-order valence-electron chi connectivity index (χ4n) is 3.06. The van der Waals surface area contributed by atoms with Gasteiger partial charge in [-0.3, -0.25) is 4.79 Å². The van der Waals surface area contributed by atoms with E-state index in [1.165, 1.54) is 5.69 Å². The first-order chi connectivity index (χ1) is 13.5. The van der Waals surface area contributed by atoms with Gasteiger partial charge in [0, 0.05) is 18.8 Å². The Morgan fingerprint density at radius 2 is 1.64 bits per heavy atom. The van der Waals surface area contributed by atoms with E-state index >= 15 is 0 Å². The fourth-order valence-corrected chi connectivity index (χ4v) is 3.06. The van der Waals surface area contributed by atoms with Crippen LogP contribution in [0.15, 0.2) is 47.6 Å². The molecule has 0 unspecified atom stereocenters. The van der Waals surface area contributed by atoms with E-state index in [0.29, 0.717) is 0 Å². The summed E-state index contributed by atoms with van der Waals surface area (Å²) in [6.45, 7) is 10.3. The lowest BCUT2D eigenvalue weighted by Crippen LogP contribution is -2.25. The SMILES string of the molecule is CCCN(CCC)c1ccc(/C=N/NC(=O)COc2c(C)cccc2C)cc1. The van der Waals surface area contributed by atoms with Crippen LogP contribution in [0.3, 0.4) is 0 Å². The molecule has 150 valence electrons. The Morgan fingerprint density at radius 3 is 2.21 bits per heavy atom. The maximum absolute atomic E-state index is 12.0. The highest BCUT2D eigenvalue weighted by molar-refractivity contribution is 5.83. The normalized spacial score (nSPS) is 10.9. The minimum atomic E-state index is -0.285. The molecular weight excluding hydrogens is 350 g/mol. The Hall–Kier alpha value is -2.82. The summed E-state index contributed by atoms with van der Waals surface area (Å²) < 4.78 is 5.63. The van der Waals surface area contributed by atoms with Crippen molar-refractivity contribution < 1.29 is 9.53 Å². The highest BCUT2D eigenvalue weighted by Crippen LogP contribution is 2.22. The average Bonchev–Trinajstić information content (AvgIpc) is 2.68. The van der Waals surface area contributed by atoms with Crippen LogP contribution in [-0.2, 0) is 4.79 Å². The molecule has 0 heterocycles. The standard InChI is InChI=1S/C23H31N3O2/c1-5-14-26(15-6-2)21-12-10-20(11-13-21)16-24-25-22(27)17-28-23-18(3)8-7-9-19(23)4/h7-13,16H,5-6,14-15,17H2,1-4H3,(H,25,27)/b24-16+. The van der Waals surface area contributed by atoms with Crippen molar-refractivity contribution in [1.82, 2.24) is 5.43 Å². The van der Waals surface area contributed by atoms with Crippen molar-refractivity contribution in [3.05, 3.63) is 59.2 Å². The number of hydrazone groups is 1. The summed E-state index contributed by atoms with van der Waals surface area (Å²) in [5.74, 6) is 0.466. The number of nitrogens with one attached hydrogen (secondary N) is 1. The summed E-state index contributed by atoms with van der Waals surface area (Å²) in [4.78, 5) is 14.3. The number of hydrogen-bond donors (Lipinski definition) is 1. The van der Waals surface area contributed by atoms with Crippen molar-refractivity contribution >= 4 is 17.8 Å². The maximum atomic E-state index is 12.0. The van der Waals surface area contributed by atoms with E-state index in [1.807, 2.05) is 44.2 Å². The van der Waals surface area contributed by atoms with Gasteiger partial charge in [-0.25, -0.2) is 5.43 Å².